The second-order valence-corrected chi connectivity index (χ2v) is 5.03. The van der Waals surface area contributed by atoms with E-state index >= 15 is 0 Å². The molecule has 4 heteroatoms. The predicted octanol–water partition coefficient (Wildman–Crippen LogP) is 3.14. The van der Waals surface area contributed by atoms with Crippen LogP contribution in [0.15, 0.2) is 42.5 Å². The van der Waals surface area contributed by atoms with Crippen molar-refractivity contribution in [1.82, 2.24) is 5.32 Å². The predicted molar refractivity (Wildman–Crippen MR) is 82.9 cm³/mol. The first-order valence-corrected chi connectivity index (χ1v) is 7.00. The smallest absolute Gasteiger partial charge is 0.200 e. The monoisotopic (exact) mass is 287 g/mol. The van der Waals surface area contributed by atoms with Gasteiger partial charge in [-0.2, -0.15) is 0 Å². The number of aromatic hydroxyl groups is 2. The van der Waals surface area contributed by atoms with Crippen LogP contribution in [0.1, 0.15) is 23.7 Å². The maximum atomic E-state index is 9.87. The second kappa shape index (κ2) is 6.99. The zero-order chi connectivity index (χ0) is 15.2. The van der Waals surface area contributed by atoms with Gasteiger partial charge in [0.1, 0.15) is 6.10 Å². The Labute approximate surface area is 125 Å². The standard InChI is InChI=1S/C17H21NO3/c1-12-6-8-13(9-7-12)15(10-11-18-2)21-16-5-3-4-14(19)17(16)20/h3-9,15,18-20H,10-11H2,1-2H3. The van der Waals surface area contributed by atoms with Crippen molar-refractivity contribution < 1.29 is 14.9 Å². The van der Waals surface area contributed by atoms with Crippen LogP contribution in [0.2, 0.25) is 0 Å². The molecule has 0 heterocycles. The highest BCUT2D eigenvalue weighted by molar-refractivity contribution is 5.49. The quantitative estimate of drug-likeness (QED) is 0.714. The van der Waals surface area contributed by atoms with E-state index in [9.17, 15) is 10.2 Å². The molecule has 2 aromatic rings. The number of aryl methyl sites for hydroxylation is 1. The molecule has 0 saturated carbocycles. The molecule has 0 aromatic heterocycles. The Morgan fingerprint density at radius 2 is 1.81 bits per heavy atom. The number of rotatable bonds is 6. The summed E-state index contributed by atoms with van der Waals surface area (Å²) in [6.07, 6.45) is 0.569. The summed E-state index contributed by atoms with van der Waals surface area (Å²) in [5, 5.41) is 22.5. The van der Waals surface area contributed by atoms with E-state index in [1.54, 1.807) is 12.1 Å². The second-order valence-electron chi connectivity index (χ2n) is 5.03. The Morgan fingerprint density at radius 3 is 2.48 bits per heavy atom. The van der Waals surface area contributed by atoms with Crippen LogP contribution in [-0.2, 0) is 0 Å². The van der Waals surface area contributed by atoms with Crippen LogP contribution in [-0.4, -0.2) is 23.8 Å². The van der Waals surface area contributed by atoms with Gasteiger partial charge in [-0.1, -0.05) is 35.9 Å². The average Bonchev–Trinajstić information content (AvgIpc) is 2.49. The summed E-state index contributed by atoms with van der Waals surface area (Å²) in [5.74, 6) is -0.112. The molecular formula is C17H21NO3. The number of phenols is 2. The number of benzene rings is 2. The van der Waals surface area contributed by atoms with E-state index in [0.29, 0.717) is 0 Å². The molecule has 4 nitrogen and oxygen atoms in total. The SMILES string of the molecule is CNCCC(Oc1cccc(O)c1O)c1ccc(C)cc1. The largest absolute Gasteiger partial charge is 0.504 e. The molecule has 2 rings (SSSR count). The fraction of sp³-hybridized carbons (Fsp3) is 0.294. The zero-order valence-electron chi connectivity index (χ0n) is 12.3. The number of ether oxygens (including phenoxy) is 1. The van der Waals surface area contributed by atoms with Crippen LogP contribution in [0.4, 0.5) is 0 Å². The molecule has 0 saturated heterocycles. The van der Waals surface area contributed by atoms with Crippen molar-refractivity contribution in [2.24, 2.45) is 0 Å². The zero-order valence-corrected chi connectivity index (χ0v) is 12.3. The van der Waals surface area contributed by atoms with Gasteiger partial charge in [0, 0.05) is 6.42 Å². The van der Waals surface area contributed by atoms with E-state index in [2.05, 4.69) is 5.32 Å². The number of hydrogen-bond acceptors (Lipinski definition) is 4. The summed E-state index contributed by atoms with van der Waals surface area (Å²) in [6, 6.07) is 12.8. The van der Waals surface area contributed by atoms with Crippen molar-refractivity contribution >= 4 is 0 Å². The third-order valence-electron chi connectivity index (χ3n) is 3.35. The Hall–Kier alpha value is -2.20. The van der Waals surface area contributed by atoms with Crippen LogP contribution in [0.3, 0.4) is 0 Å². The van der Waals surface area contributed by atoms with Gasteiger partial charge >= 0.3 is 0 Å². The van der Waals surface area contributed by atoms with Crippen molar-refractivity contribution in [1.29, 1.82) is 0 Å². The van der Waals surface area contributed by atoms with E-state index in [-0.39, 0.29) is 23.4 Å². The van der Waals surface area contributed by atoms with E-state index in [4.69, 9.17) is 4.74 Å². The van der Waals surface area contributed by atoms with Crippen LogP contribution < -0.4 is 10.1 Å². The Balaban J connectivity index is 2.23. The maximum absolute atomic E-state index is 9.87. The molecule has 0 aliphatic heterocycles. The first-order chi connectivity index (χ1) is 10.1. The summed E-state index contributed by atoms with van der Waals surface area (Å²) in [4.78, 5) is 0. The first-order valence-electron chi connectivity index (χ1n) is 7.00. The number of hydrogen-bond donors (Lipinski definition) is 3. The highest BCUT2D eigenvalue weighted by Gasteiger charge is 2.16. The molecule has 0 aliphatic rings. The lowest BCUT2D eigenvalue weighted by molar-refractivity contribution is 0.186. The Kier molecular flexibility index (Phi) is 5.06. The molecule has 0 radical (unpaired) electrons. The Morgan fingerprint density at radius 1 is 1.10 bits per heavy atom. The number of phenolic OH excluding ortho intramolecular Hbond substituents is 2. The Bertz CT molecular complexity index is 581. The van der Waals surface area contributed by atoms with Crippen molar-refractivity contribution in [2.75, 3.05) is 13.6 Å². The molecule has 0 bridgehead atoms. The minimum atomic E-state index is -0.223. The van der Waals surface area contributed by atoms with E-state index < -0.39 is 0 Å². The van der Waals surface area contributed by atoms with Crippen molar-refractivity contribution in [3.05, 3.63) is 53.6 Å². The lowest BCUT2D eigenvalue weighted by Gasteiger charge is -2.20. The number of para-hydroxylation sites is 1. The van der Waals surface area contributed by atoms with E-state index in [1.807, 2.05) is 38.2 Å². The first kappa shape index (κ1) is 15.2. The van der Waals surface area contributed by atoms with E-state index in [1.165, 1.54) is 11.6 Å². The third-order valence-corrected chi connectivity index (χ3v) is 3.35. The van der Waals surface area contributed by atoms with Gasteiger partial charge in [0.2, 0.25) is 5.75 Å². The molecule has 21 heavy (non-hydrogen) atoms. The fourth-order valence-corrected chi connectivity index (χ4v) is 2.11. The molecule has 1 atom stereocenters. The molecule has 1 unspecified atom stereocenters. The molecule has 0 amide bonds. The summed E-state index contributed by atoms with van der Waals surface area (Å²) in [7, 11) is 1.89. The summed E-state index contributed by atoms with van der Waals surface area (Å²) in [6.45, 7) is 2.83. The third kappa shape index (κ3) is 3.89. The van der Waals surface area contributed by atoms with Gasteiger partial charge in [-0.3, -0.25) is 0 Å². The van der Waals surface area contributed by atoms with Crippen LogP contribution >= 0.6 is 0 Å². The molecular weight excluding hydrogens is 266 g/mol. The van der Waals surface area contributed by atoms with E-state index in [0.717, 1.165) is 18.5 Å². The van der Waals surface area contributed by atoms with Crippen LogP contribution in [0.25, 0.3) is 0 Å². The lowest BCUT2D eigenvalue weighted by atomic mass is 10.0. The summed E-state index contributed by atoms with van der Waals surface area (Å²) in [5.41, 5.74) is 2.23. The van der Waals surface area contributed by atoms with Crippen molar-refractivity contribution in [3.63, 3.8) is 0 Å². The van der Waals surface area contributed by atoms with Gasteiger partial charge in [-0.15, -0.1) is 0 Å². The topological polar surface area (TPSA) is 61.7 Å². The lowest BCUT2D eigenvalue weighted by Crippen LogP contribution is -2.16. The molecule has 0 aliphatic carbocycles. The van der Waals surface area contributed by atoms with Gasteiger partial charge in [0.25, 0.3) is 0 Å². The molecule has 2 aromatic carbocycles. The molecule has 112 valence electrons. The highest BCUT2D eigenvalue weighted by atomic mass is 16.5. The van der Waals surface area contributed by atoms with Gasteiger partial charge in [0.15, 0.2) is 11.5 Å². The van der Waals surface area contributed by atoms with Gasteiger partial charge < -0.3 is 20.3 Å². The minimum absolute atomic E-state index is 0.177. The normalized spacial score (nSPS) is 12.1. The van der Waals surface area contributed by atoms with Crippen molar-refractivity contribution in [3.8, 4) is 17.2 Å². The van der Waals surface area contributed by atoms with Crippen LogP contribution in [0, 0.1) is 6.92 Å². The highest BCUT2D eigenvalue weighted by Crippen LogP contribution is 2.37. The fourth-order valence-electron chi connectivity index (χ4n) is 2.11. The molecule has 3 N–H and O–H groups in total. The van der Waals surface area contributed by atoms with Gasteiger partial charge in [0.05, 0.1) is 0 Å². The average molecular weight is 287 g/mol. The van der Waals surface area contributed by atoms with Crippen molar-refractivity contribution in [2.45, 2.75) is 19.4 Å². The van der Waals surface area contributed by atoms with Gasteiger partial charge in [-0.05, 0) is 38.2 Å². The maximum Gasteiger partial charge on any atom is 0.200 e. The molecule has 0 spiro atoms. The van der Waals surface area contributed by atoms with Gasteiger partial charge in [-0.25, -0.2) is 0 Å². The van der Waals surface area contributed by atoms with Crippen LogP contribution in [0.5, 0.6) is 17.2 Å². The number of nitrogens with one attached hydrogen (secondary N) is 1. The molecule has 0 fully saturated rings. The summed E-state index contributed by atoms with van der Waals surface area (Å²) < 4.78 is 5.90. The summed E-state index contributed by atoms with van der Waals surface area (Å²) >= 11 is 0. The minimum Gasteiger partial charge on any atom is -0.504 e.